The van der Waals surface area contributed by atoms with Crippen molar-refractivity contribution in [1.29, 1.82) is 0 Å². The van der Waals surface area contributed by atoms with Gasteiger partial charge < -0.3 is 19.8 Å². The number of allylic oxidation sites excluding steroid dienone is 1. The van der Waals surface area contributed by atoms with Crippen molar-refractivity contribution in [1.82, 2.24) is 4.90 Å². The molecule has 6 nitrogen and oxygen atoms in total. The van der Waals surface area contributed by atoms with Gasteiger partial charge in [-0.25, -0.2) is 0 Å². The number of unbranched alkanes of at least 4 members (excludes halogenated alkanes) is 1. The van der Waals surface area contributed by atoms with E-state index in [1.165, 1.54) is 0 Å². The van der Waals surface area contributed by atoms with Gasteiger partial charge in [-0.05, 0) is 38.5 Å². The largest absolute Gasteiger partial charge is 0.481 e. The van der Waals surface area contributed by atoms with Crippen LogP contribution in [0.15, 0.2) is 24.3 Å². The first kappa shape index (κ1) is 21.4. The molecule has 2 atom stereocenters. The van der Waals surface area contributed by atoms with E-state index in [4.69, 9.17) is 9.84 Å². The van der Waals surface area contributed by atoms with Gasteiger partial charge in [-0.3, -0.25) is 9.59 Å². The van der Waals surface area contributed by atoms with E-state index < -0.39 is 12.1 Å². The Kier molecular flexibility index (Phi) is 10.8. The van der Waals surface area contributed by atoms with E-state index in [0.29, 0.717) is 38.8 Å². The molecule has 1 fully saturated rings. The summed E-state index contributed by atoms with van der Waals surface area (Å²) in [6, 6.07) is 0.0157. The van der Waals surface area contributed by atoms with Crippen LogP contribution >= 0.6 is 0 Å². The summed E-state index contributed by atoms with van der Waals surface area (Å²) in [5, 5.41) is 18.6. The average molecular weight is 353 g/mol. The molecule has 0 spiro atoms. The molecule has 1 rings (SSSR count). The number of carboxylic acid groups (broad SMARTS) is 1. The molecule has 0 saturated carbocycles. The molecule has 1 heterocycles. The number of likely N-dealkylation sites (tertiary alicyclic amines) is 1. The summed E-state index contributed by atoms with van der Waals surface area (Å²) in [6.45, 7) is 1.16. The van der Waals surface area contributed by atoms with Crippen LogP contribution < -0.4 is 0 Å². The van der Waals surface area contributed by atoms with Crippen molar-refractivity contribution in [2.24, 2.45) is 0 Å². The van der Waals surface area contributed by atoms with Gasteiger partial charge in [0, 0.05) is 33.1 Å². The zero-order valence-corrected chi connectivity index (χ0v) is 15.1. The maximum Gasteiger partial charge on any atom is 0.303 e. The number of aliphatic hydroxyl groups excluding tert-OH is 1. The number of hydrogen-bond acceptors (Lipinski definition) is 4. The van der Waals surface area contributed by atoms with Crippen LogP contribution in [0, 0.1) is 0 Å². The monoisotopic (exact) mass is 353 g/mol. The van der Waals surface area contributed by atoms with Gasteiger partial charge >= 0.3 is 5.97 Å². The minimum atomic E-state index is -0.783. The molecule has 6 heteroatoms. The van der Waals surface area contributed by atoms with Gasteiger partial charge in [-0.15, -0.1) is 0 Å². The molecule has 0 aromatic rings. The normalized spacial score (nSPS) is 19.8. The van der Waals surface area contributed by atoms with E-state index in [9.17, 15) is 14.7 Å². The molecule has 1 aliphatic heterocycles. The zero-order valence-electron chi connectivity index (χ0n) is 15.1. The molecule has 0 aliphatic carbocycles. The third kappa shape index (κ3) is 9.41. The number of ether oxygens (including phenoxy) is 1. The van der Waals surface area contributed by atoms with Gasteiger partial charge in [0.05, 0.1) is 12.1 Å². The highest BCUT2D eigenvalue weighted by Gasteiger charge is 2.25. The molecular weight excluding hydrogens is 322 g/mol. The van der Waals surface area contributed by atoms with Crippen LogP contribution in [0.4, 0.5) is 0 Å². The Labute approximate surface area is 150 Å². The van der Waals surface area contributed by atoms with E-state index in [1.54, 1.807) is 13.2 Å². The third-order valence-electron chi connectivity index (χ3n) is 4.25. The van der Waals surface area contributed by atoms with Gasteiger partial charge in [0.2, 0.25) is 5.91 Å². The van der Waals surface area contributed by atoms with E-state index in [0.717, 1.165) is 19.3 Å². The average Bonchev–Trinajstić information content (AvgIpc) is 2.57. The second-order valence-electron chi connectivity index (χ2n) is 6.35. The van der Waals surface area contributed by atoms with Gasteiger partial charge in [-0.1, -0.05) is 24.3 Å². The lowest BCUT2D eigenvalue weighted by Gasteiger charge is -2.33. The highest BCUT2D eigenvalue weighted by Crippen LogP contribution is 2.19. The first-order valence-corrected chi connectivity index (χ1v) is 9.06. The Morgan fingerprint density at radius 1 is 1.40 bits per heavy atom. The van der Waals surface area contributed by atoms with Gasteiger partial charge in [-0.2, -0.15) is 0 Å². The van der Waals surface area contributed by atoms with Crippen molar-refractivity contribution in [3.05, 3.63) is 24.3 Å². The van der Waals surface area contributed by atoms with E-state index >= 15 is 0 Å². The highest BCUT2D eigenvalue weighted by molar-refractivity contribution is 5.77. The van der Waals surface area contributed by atoms with Gasteiger partial charge in [0.15, 0.2) is 0 Å². The molecule has 0 bridgehead atoms. The van der Waals surface area contributed by atoms with Crippen LogP contribution in [0.3, 0.4) is 0 Å². The predicted octanol–water partition coefficient (Wildman–Crippen LogP) is 2.52. The van der Waals surface area contributed by atoms with Gasteiger partial charge in [0.25, 0.3) is 0 Å². The second kappa shape index (κ2) is 12.7. The number of methoxy groups -OCH3 is 1. The number of aliphatic hydroxyl groups is 1. The van der Waals surface area contributed by atoms with Crippen LogP contribution in [-0.4, -0.2) is 59.4 Å². The molecule has 142 valence electrons. The van der Waals surface area contributed by atoms with Crippen molar-refractivity contribution in [3.63, 3.8) is 0 Å². The molecule has 2 N–H and O–H groups in total. The summed E-state index contributed by atoms with van der Waals surface area (Å²) < 4.78 is 4.97. The van der Waals surface area contributed by atoms with E-state index in [-0.39, 0.29) is 18.4 Å². The second-order valence-corrected chi connectivity index (χ2v) is 6.35. The third-order valence-corrected chi connectivity index (χ3v) is 4.25. The van der Waals surface area contributed by atoms with Crippen molar-refractivity contribution < 1.29 is 24.5 Å². The number of carbonyl (C=O) groups is 2. The van der Waals surface area contributed by atoms with Crippen LogP contribution in [0.2, 0.25) is 0 Å². The number of amides is 1. The van der Waals surface area contributed by atoms with Crippen molar-refractivity contribution in [2.75, 3.05) is 20.3 Å². The summed E-state index contributed by atoms with van der Waals surface area (Å²) in [6.07, 6.45) is 12.3. The molecule has 1 amide bonds. The smallest absolute Gasteiger partial charge is 0.303 e. The van der Waals surface area contributed by atoms with Crippen molar-refractivity contribution in [2.45, 2.75) is 63.5 Å². The predicted molar refractivity (Wildman–Crippen MR) is 96.2 cm³/mol. The Morgan fingerprint density at radius 3 is 2.92 bits per heavy atom. The SMILES string of the molecule is COCCCC(O)/C=C/[C@H]1CCCC(=O)N1C/C=C\CCCC(=O)O. The number of nitrogens with zero attached hydrogens (tertiary/aromatic N) is 1. The topological polar surface area (TPSA) is 87.1 Å². The van der Waals surface area contributed by atoms with Crippen molar-refractivity contribution in [3.8, 4) is 0 Å². The molecule has 0 radical (unpaired) electrons. The maximum absolute atomic E-state index is 12.2. The molecular formula is C19H31NO5. The van der Waals surface area contributed by atoms with Crippen LogP contribution in [0.1, 0.15) is 51.4 Å². The minimum Gasteiger partial charge on any atom is -0.481 e. The van der Waals surface area contributed by atoms with Crippen LogP contribution in [0.5, 0.6) is 0 Å². The fourth-order valence-corrected chi connectivity index (χ4v) is 2.85. The molecule has 1 saturated heterocycles. The number of aliphatic carboxylic acids is 1. The quantitative estimate of drug-likeness (QED) is 0.416. The fraction of sp³-hybridized carbons (Fsp3) is 0.684. The Bertz CT molecular complexity index is 461. The lowest BCUT2D eigenvalue weighted by Crippen LogP contribution is -2.42. The fourth-order valence-electron chi connectivity index (χ4n) is 2.85. The van der Waals surface area contributed by atoms with E-state index in [1.807, 2.05) is 23.1 Å². The van der Waals surface area contributed by atoms with Gasteiger partial charge in [0.1, 0.15) is 0 Å². The Morgan fingerprint density at radius 2 is 2.20 bits per heavy atom. The Hall–Kier alpha value is -1.66. The Balaban J connectivity index is 2.45. The number of carboxylic acids is 1. The summed E-state index contributed by atoms with van der Waals surface area (Å²) in [4.78, 5) is 24.5. The number of carbonyl (C=O) groups excluding carboxylic acids is 1. The summed E-state index contributed by atoms with van der Waals surface area (Å²) in [5.74, 6) is -0.654. The first-order valence-electron chi connectivity index (χ1n) is 9.06. The van der Waals surface area contributed by atoms with E-state index in [2.05, 4.69) is 0 Å². The molecule has 1 unspecified atom stereocenters. The molecule has 0 aromatic carbocycles. The summed E-state index contributed by atoms with van der Waals surface area (Å²) in [7, 11) is 1.64. The zero-order chi connectivity index (χ0) is 18.5. The summed E-state index contributed by atoms with van der Waals surface area (Å²) >= 11 is 0. The molecule has 1 aliphatic rings. The van der Waals surface area contributed by atoms with Crippen molar-refractivity contribution >= 4 is 11.9 Å². The first-order chi connectivity index (χ1) is 12.0. The highest BCUT2D eigenvalue weighted by atomic mass is 16.5. The maximum atomic E-state index is 12.2. The molecule has 25 heavy (non-hydrogen) atoms. The minimum absolute atomic E-state index is 0.0157. The lowest BCUT2D eigenvalue weighted by atomic mass is 10.00. The number of hydrogen-bond donors (Lipinski definition) is 2. The standard InChI is InChI=1S/C19H31NO5/c1-25-15-7-9-17(21)13-12-16-8-6-10-18(22)20(16)14-5-3-2-4-11-19(23)24/h3,5,12-13,16-17,21H,2,4,6-11,14-15H2,1H3,(H,23,24)/b5-3-,13-12+/t16-,17?/m1/s1. The van der Waals surface area contributed by atoms with Crippen LogP contribution in [-0.2, 0) is 14.3 Å². The van der Waals surface area contributed by atoms with Crippen LogP contribution in [0.25, 0.3) is 0 Å². The number of piperidine rings is 1. The lowest BCUT2D eigenvalue weighted by molar-refractivity contribution is -0.137. The molecule has 0 aromatic heterocycles. The number of rotatable bonds is 12. The summed E-state index contributed by atoms with van der Waals surface area (Å²) in [5.41, 5.74) is 0.